The van der Waals surface area contributed by atoms with E-state index >= 15 is 0 Å². The minimum Gasteiger partial charge on any atom is -0.461 e. The lowest BCUT2D eigenvalue weighted by atomic mass is 10.3. The minimum absolute atomic E-state index is 0.203. The van der Waals surface area contributed by atoms with E-state index in [1.807, 2.05) is 19.9 Å². The molecule has 0 unspecified atom stereocenters. The summed E-state index contributed by atoms with van der Waals surface area (Å²) in [6.45, 7) is 3.86. The molecule has 1 saturated heterocycles. The van der Waals surface area contributed by atoms with Crippen LogP contribution in [0.1, 0.15) is 17.1 Å². The smallest absolute Gasteiger partial charge is 0.271 e. The summed E-state index contributed by atoms with van der Waals surface area (Å²) < 4.78 is 5.90. The van der Waals surface area contributed by atoms with Crippen molar-refractivity contribution in [1.82, 2.24) is 5.32 Å². The number of amides is 1. The van der Waals surface area contributed by atoms with Crippen LogP contribution in [0, 0.1) is 13.8 Å². The van der Waals surface area contributed by atoms with Gasteiger partial charge in [-0.15, -0.1) is 0 Å². The van der Waals surface area contributed by atoms with E-state index in [1.165, 1.54) is 11.8 Å². The number of carbonyl (C=O) groups is 1. The standard InChI is InChI=1S/C11H9NO2S2/c1-6-5-8(14-7(6)2)3-4-9-10(13)12-11(15)16-9/h3,5H,1-2H3,(H,12,13,15). The molecule has 2 heterocycles. The first-order valence-electron chi connectivity index (χ1n) is 4.63. The molecule has 0 atom stereocenters. The molecule has 1 aromatic rings. The van der Waals surface area contributed by atoms with Gasteiger partial charge in [0.25, 0.3) is 5.91 Å². The summed E-state index contributed by atoms with van der Waals surface area (Å²) in [6.07, 6.45) is 1.65. The fraction of sp³-hybridized carbons (Fsp3) is 0.182. The molecule has 1 fully saturated rings. The van der Waals surface area contributed by atoms with Crippen LogP contribution in [-0.2, 0) is 4.79 Å². The predicted octanol–water partition coefficient (Wildman–Crippen LogP) is 2.54. The minimum atomic E-state index is -0.203. The van der Waals surface area contributed by atoms with Gasteiger partial charge in [-0.05, 0) is 37.2 Å². The fourth-order valence-electron chi connectivity index (χ4n) is 1.22. The van der Waals surface area contributed by atoms with Crippen LogP contribution in [0.15, 0.2) is 21.1 Å². The highest BCUT2D eigenvalue weighted by molar-refractivity contribution is 8.26. The normalized spacial score (nSPS) is 15.0. The number of hydrogen-bond acceptors (Lipinski definition) is 4. The Bertz CT molecular complexity index is 517. The molecule has 2 rings (SSSR count). The monoisotopic (exact) mass is 251 g/mol. The van der Waals surface area contributed by atoms with Crippen molar-refractivity contribution in [3.8, 4) is 0 Å². The third-order valence-electron chi connectivity index (χ3n) is 2.15. The van der Waals surface area contributed by atoms with E-state index in [-0.39, 0.29) is 5.91 Å². The Kier molecular flexibility index (Phi) is 3.01. The number of hydrogen-bond donors (Lipinski definition) is 1. The van der Waals surface area contributed by atoms with Crippen molar-refractivity contribution in [2.45, 2.75) is 13.8 Å². The molecule has 0 spiro atoms. The van der Waals surface area contributed by atoms with Gasteiger partial charge >= 0.3 is 0 Å². The number of rotatable bonds is 1. The van der Waals surface area contributed by atoms with Crippen molar-refractivity contribution in [2.75, 3.05) is 0 Å². The molecule has 1 aliphatic heterocycles. The number of aryl methyl sites for hydroxylation is 2. The molecule has 16 heavy (non-hydrogen) atoms. The Morgan fingerprint density at radius 3 is 2.81 bits per heavy atom. The molecule has 1 aromatic heterocycles. The summed E-state index contributed by atoms with van der Waals surface area (Å²) >= 11 is 6.07. The van der Waals surface area contributed by atoms with Gasteiger partial charge in [-0.1, -0.05) is 17.9 Å². The average molecular weight is 251 g/mol. The van der Waals surface area contributed by atoms with Crippen molar-refractivity contribution in [3.63, 3.8) is 0 Å². The van der Waals surface area contributed by atoms with Crippen LogP contribution in [0.25, 0.3) is 6.08 Å². The zero-order valence-electron chi connectivity index (χ0n) is 8.79. The lowest BCUT2D eigenvalue weighted by Crippen LogP contribution is -2.17. The zero-order valence-corrected chi connectivity index (χ0v) is 10.4. The summed E-state index contributed by atoms with van der Waals surface area (Å²) in [6, 6.07) is 1.90. The van der Waals surface area contributed by atoms with Gasteiger partial charge < -0.3 is 9.73 Å². The Morgan fingerprint density at radius 2 is 2.31 bits per heavy atom. The zero-order chi connectivity index (χ0) is 11.7. The first kappa shape index (κ1) is 11.2. The van der Waals surface area contributed by atoms with Gasteiger partial charge in [0.1, 0.15) is 20.7 Å². The average Bonchev–Trinajstić information content (AvgIpc) is 2.68. The quantitative estimate of drug-likeness (QED) is 0.473. The highest BCUT2D eigenvalue weighted by Crippen LogP contribution is 2.22. The number of carbonyl (C=O) groups excluding carboxylic acids is 1. The van der Waals surface area contributed by atoms with E-state index in [1.54, 1.807) is 6.08 Å². The van der Waals surface area contributed by atoms with E-state index in [2.05, 4.69) is 11.0 Å². The van der Waals surface area contributed by atoms with Crippen LogP contribution in [0.3, 0.4) is 0 Å². The van der Waals surface area contributed by atoms with Gasteiger partial charge in [0.05, 0.1) is 0 Å². The third-order valence-corrected chi connectivity index (χ3v) is 3.29. The van der Waals surface area contributed by atoms with Gasteiger partial charge in [0.2, 0.25) is 0 Å². The van der Waals surface area contributed by atoms with Crippen LogP contribution in [0.4, 0.5) is 0 Å². The number of furan rings is 1. The molecule has 82 valence electrons. The van der Waals surface area contributed by atoms with E-state index in [0.717, 1.165) is 11.3 Å². The molecule has 1 N–H and O–H groups in total. The summed E-state index contributed by atoms with van der Waals surface area (Å²) in [5, 5.41) is 2.53. The highest BCUT2D eigenvalue weighted by Gasteiger charge is 2.21. The topological polar surface area (TPSA) is 42.2 Å². The largest absolute Gasteiger partial charge is 0.461 e. The Morgan fingerprint density at radius 1 is 1.56 bits per heavy atom. The highest BCUT2D eigenvalue weighted by atomic mass is 32.2. The Balaban J connectivity index is 2.29. The maximum absolute atomic E-state index is 11.3. The molecule has 0 bridgehead atoms. The van der Waals surface area contributed by atoms with E-state index in [0.29, 0.717) is 15.0 Å². The molecule has 1 aliphatic rings. The second-order valence-electron chi connectivity index (χ2n) is 3.35. The predicted molar refractivity (Wildman–Crippen MR) is 68.0 cm³/mol. The molecule has 0 aliphatic carbocycles. The molecule has 3 nitrogen and oxygen atoms in total. The van der Waals surface area contributed by atoms with Crippen LogP contribution >= 0.6 is 24.0 Å². The van der Waals surface area contributed by atoms with Gasteiger partial charge in [0, 0.05) is 6.08 Å². The number of thiocarbonyl (C=S) groups is 1. The lowest BCUT2D eigenvalue weighted by molar-refractivity contribution is -0.115. The molecule has 0 aromatic carbocycles. The van der Waals surface area contributed by atoms with Crippen LogP contribution in [-0.4, -0.2) is 10.2 Å². The van der Waals surface area contributed by atoms with Gasteiger partial charge in [-0.3, -0.25) is 4.79 Å². The van der Waals surface area contributed by atoms with Crippen LogP contribution in [0.2, 0.25) is 0 Å². The molecular formula is C11H9NO2S2. The van der Waals surface area contributed by atoms with Crippen molar-refractivity contribution < 1.29 is 9.21 Å². The summed E-state index contributed by atoms with van der Waals surface area (Å²) in [5.41, 5.74) is 3.96. The van der Waals surface area contributed by atoms with E-state index in [9.17, 15) is 4.79 Å². The van der Waals surface area contributed by atoms with Gasteiger partial charge in [0.15, 0.2) is 0 Å². The summed E-state index contributed by atoms with van der Waals surface area (Å²) in [5.74, 6) is 1.36. The third kappa shape index (κ3) is 2.27. The van der Waals surface area contributed by atoms with Crippen molar-refractivity contribution in [3.05, 3.63) is 33.8 Å². The van der Waals surface area contributed by atoms with E-state index < -0.39 is 0 Å². The summed E-state index contributed by atoms with van der Waals surface area (Å²) in [4.78, 5) is 11.8. The number of thioether (sulfide) groups is 1. The van der Waals surface area contributed by atoms with Crippen molar-refractivity contribution in [1.29, 1.82) is 0 Å². The van der Waals surface area contributed by atoms with Crippen molar-refractivity contribution >= 4 is 40.3 Å². The fourth-order valence-corrected chi connectivity index (χ4v) is 2.15. The second kappa shape index (κ2) is 4.29. The maximum atomic E-state index is 11.3. The Labute approximate surface area is 103 Å². The molecule has 0 saturated carbocycles. The lowest BCUT2D eigenvalue weighted by Gasteiger charge is -1.83. The SMILES string of the molecule is Cc1cc(C=C=C2SC(=S)NC2=O)oc1C. The first-order valence-corrected chi connectivity index (χ1v) is 5.85. The van der Waals surface area contributed by atoms with Gasteiger partial charge in [-0.25, -0.2) is 0 Å². The summed E-state index contributed by atoms with van der Waals surface area (Å²) in [7, 11) is 0. The molecular weight excluding hydrogens is 242 g/mol. The molecule has 0 radical (unpaired) electrons. The maximum Gasteiger partial charge on any atom is 0.271 e. The number of nitrogens with one attached hydrogen (secondary N) is 1. The van der Waals surface area contributed by atoms with E-state index in [4.69, 9.17) is 16.6 Å². The second-order valence-corrected chi connectivity index (χ2v) is 5.04. The first-order chi connectivity index (χ1) is 7.56. The van der Waals surface area contributed by atoms with Crippen LogP contribution in [0.5, 0.6) is 0 Å². The van der Waals surface area contributed by atoms with Crippen molar-refractivity contribution in [2.24, 2.45) is 0 Å². The van der Waals surface area contributed by atoms with Gasteiger partial charge in [-0.2, -0.15) is 0 Å². The van der Waals surface area contributed by atoms with Crippen LogP contribution < -0.4 is 5.32 Å². The molecule has 1 amide bonds. The Hall–Kier alpha value is -1.29. The molecule has 5 heteroatoms.